The van der Waals surface area contributed by atoms with Crippen molar-refractivity contribution in [3.8, 4) is 11.5 Å². The first-order valence-electron chi connectivity index (χ1n) is 6.82. The van der Waals surface area contributed by atoms with Crippen LogP contribution in [0.5, 0.6) is 11.5 Å². The van der Waals surface area contributed by atoms with Gasteiger partial charge in [-0.15, -0.1) is 0 Å². The number of nitrogens with zero attached hydrogens (tertiary/aromatic N) is 1. The molecule has 1 aromatic carbocycles. The molecule has 1 rings (SSSR count). The Labute approximate surface area is 124 Å². The molecule has 2 N–H and O–H groups in total. The number of carbonyl (C=O) groups excluding carboxylic acids is 1. The minimum atomic E-state index is -0.439. The molecule has 6 heteroatoms. The Morgan fingerprint density at radius 1 is 1.38 bits per heavy atom. The largest absolute Gasteiger partial charge is 0.493 e. The zero-order valence-corrected chi connectivity index (χ0v) is 12.6. The number of aliphatic hydroxyl groups excluding tert-OH is 1. The summed E-state index contributed by atoms with van der Waals surface area (Å²) in [6, 6.07) is 5.33. The van der Waals surface area contributed by atoms with E-state index in [-0.39, 0.29) is 12.3 Å². The van der Waals surface area contributed by atoms with Crippen LogP contribution >= 0.6 is 0 Å². The zero-order chi connectivity index (χ0) is 15.7. The van der Waals surface area contributed by atoms with Gasteiger partial charge in [0.2, 0.25) is 5.91 Å². The van der Waals surface area contributed by atoms with Crippen LogP contribution in [0.15, 0.2) is 23.3 Å². The summed E-state index contributed by atoms with van der Waals surface area (Å²) < 4.78 is 10.3. The minimum absolute atomic E-state index is 0.223. The quantitative estimate of drug-likeness (QED) is 0.565. The van der Waals surface area contributed by atoms with E-state index in [1.54, 1.807) is 32.4 Å². The van der Waals surface area contributed by atoms with Crippen LogP contribution in [-0.2, 0) is 4.79 Å². The van der Waals surface area contributed by atoms with Gasteiger partial charge in [-0.05, 0) is 36.6 Å². The Morgan fingerprint density at radius 3 is 2.71 bits per heavy atom. The molecule has 0 aliphatic heterocycles. The Bertz CT molecular complexity index is 489. The Morgan fingerprint density at radius 2 is 2.10 bits per heavy atom. The molecule has 0 saturated heterocycles. The number of amides is 1. The Kier molecular flexibility index (Phi) is 7.25. The number of hydrazone groups is 1. The van der Waals surface area contributed by atoms with Gasteiger partial charge in [0.25, 0.3) is 0 Å². The van der Waals surface area contributed by atoms with Gasteiger partial charge in [-0.3, -0.25) is 4.79 Å². The fraction of sp³-hybridized carbons (Fsp3) is 0.467. The normalized spacial score (nSPS) is 12.2. The first-order valence-corrected chi connectivity index (χ1v) is 6.82. The van der Waals surface area contributed by atoms with E-state index in [9.17, 15) is 9.90 Å². The van der Waals surface area contributed by atoms with E-state index in [0.717, 1.165) is 5.56 Å². The van der Waals surface area contributed by atoms with Crippen molar-refractivity contribution in [2.45, 2.75) is 32.3 Å². The highest BCUT2D eigenvalue weighted by atomic mass is 16.5. The Hall–Kier alpha value is -2.08. The summed E-state index contributed by atoms with van der Waals surface area (Å²) in [6.07, 6.45) is 2.41. The molecule has 1 amide bonds. The topological polar surface area (TPSA) is 80.2 Å². The predicted octanol–water partition coefficient (Wildman–Crippen LogP) is 1.71. The van der Waals surface area contributed by atoms with Crippen molar-refractivity contribution in [1.29, 1.82) is 0 Å². The summed E-state index contributed by atoms with van der Waals surface area (Å²) in [5, 5.41) is 13.2. The maximum atomic E-state index is 11.5. The third kappa shape index (κ3) is 5.83. The van der Waals surface area contributed by atoms with E-state index < -0.39 is 6.10 Å². The summed E-state index contributed by atoms with van der Waals surface area (Å²) in [5.74, 6) is 1.00. The van der Waals surface area contributed by atoms with Crippen molar-refractivity contribution in [3.63, 3.8) is 0 Å². The number of hydrogen-bond donors (Lipinski definition) is 2. The molecule has 0 radical (unpaired) electrons. The molecule has 0 saturated carbocycles. The van der Waals surface area contributed by atoms with Gasteiger partial charge < -0.3 is 14.6 Å². The highest BCUT2D eigenvalue weighted by Crippen LogP contribution is 2.26. The van der Waals surface area contributed by atoms with Crippen LogP contribution in [0.2, 0.25) is 0 Å². The summed E-state index contributed by atoms with van der Waals surface area (Å²) in [4.78, 5) is 11.5. The third-order valence-corrected chi connectivity index (χ3v) is 2.99. The number of aliphatic hydroxyl groups is 1. The van der Waals surface area contributed by atoms with Gasteiger partial charge in [-0.1, -0.05) is 6.92 Å². The molecule has 0 spiro atoms. The number of nitrogens with one attached hydrogen (secondary N) is 1. The number of carbonyl (C=O) groups is 1. The van der Waals surface area contributed by atoms with Gasteiger partial charge >= 0.3 is 0 Å². The molecule has 1 unspecified atom stereocenters. The summed E-state index contributed by atoms with van der Waals surface area (Å²) >= 11 is 0. The average Bonchev–Trinajstić information content (AvgIpc) is 2.52. The van der Waals surface area contributed by atoms with Crippen molar-refractivity contribution in [2.75, 3.05) is 14.2 Å². The average molecular weight is 294 g/mol. The SMILES string of the molecule is CCC(O)CCC(=O)N/N=C/c1ccc(OC)c(OC)c1. The van der Waals surface area contributed by atoms with Crippen LogP contribution in [-0.4, -0.2) is 37.6 Å². The van der Waals surface area contributed by atoms with Gasteiger partial charge in [-0.2, -0.15) is 5.10 Å². The maximum Gasteiger partial charge on any atom is 0.240 e. The van der Waals surface area contributed by atoms with Gasteiger partial charge in [0, 0.05) is 6.42 Å². The van der Waals surface area contributed by atoms with Gasteiger partial charge in [0.15, 0.2) is 11.5 Å². The number of rotatable bonds is 8. The molecule has 0 aliphatic rings. The summed E-state index contributed by atoms with van der Waals surface area (Å²) in [5.41, 5.74) is 3.20. The van der Waals surface area contributed by atoms with E-state index in [1.807, 2.05) is 6.92 Å². The first-order chi connectivity index (χ1) is 10.1. The van der Waals surface area contributed by atoms with Gasteiger partial charge in [0.1, 0.15) is 0 Å². The lowest BCUT2D eigenvalue weighted by Gasteiger charge is -2.07. The molecule has 6 nitrogen and oxygen atoms in total. The van der Waals surface area contributed by atoms with E-state index in [4.69, 9.17) is 9.47 Å². The van der Waals surface area contributed by atoms with Gasteiger partial charge in [0.05, 0.1) is 26.5 Å². The Balaban J connectivity index is 2.51. The number of ether oxygens (including phenoxy) is 2. The standard InChI is InChI=1S/C15H22N2O4/c1-4-12(18)6-8-15(19)17-16-10-11-5-7-13(20-2)14(9-11)21-3/h5,7,9-10,12,18H,4,6,8H2,1-3H3,(H,17,19)/b16-10+. The van der Waals surface area contributed by atoms with Crippen molar-refractivity contribution in [2.24, 2.45) is 5.10 Å². The minimum Gasteiger partial charge on any atom is -0.493 e. The molecule has 1 aromatic rings. The summed E-state index contributed by atoms with van der Waals surface area (Å²) in [7, 11) is 3.12. The molecular weight excluding hydrogens is 272 g/mol. The summed E-state index contributed by atoms with van der Waals surface area (Å²) in [6.45, 7) is 1.87. The number of methoxy groups -OCH3 is 2. The van der Waals surface area contributed by atoms with Crippen LogP contribution in [0.3, 0.4) is 0 Å². The van der Waals surface area contributed by atoms with Crippen molar-refractivity contribution in [1.82, 2.24) is 5.43 Å². The van der Waals surface area contributed by atoms with E-state index in [0.29, 0.717) is 24.3 Å². The molecule has 0 aromatic heterocycles. The fourth-order valence-corrected chi connectivity index (χ4v) is 1.67. The lowest BCUT2D eigenvalue weighted by Crippen LogP contribution is -2.19. The monoisotopic (exact) mass is 294 g/mol. The zero-order valence-electron chi connectivity index (χ0n) is 12.6. The van der Waals surface area contributed by atoms with Crippen molar-refractivity contribution >= 4 is 12.1 Å². The van der Waals surface area contributed by atoms with Crippen LogP contribution in [0.4, 0.5) is 0 Å². The molecule has 116 valence electrons. The first kappa shape index (κ1) is 17.0. The van der Waals surface area contributed by atoms with Crippen LogP contribution in [0.1, 0.15) is 31.7 Å². The van der Waals surface area contributed by atoms with E-state index in [1.165, 1.54) is 6.21 Å². The molecule has 1 atom stereocenters. The number of benzene rings is 1. The van der Waals surface area contributed by atoms with Crippen LogP contribution in [0.25, 0.3) is 0 Å². The van der Waals surface area contributed by atoms with Crippen molar-refractivity contribution in [3.05, 3.63) is 23.8 Å². The second-order valence-corrected chi connectivity index (χ2v) is 4.51. The molecule has 21 heavy (non-hydrogen) atoms. The highest BCUT2D eigenvalue weighted by molar-refractivity contribution is 5.83. The van der Waals surface area contributed by atoms with Crippen LogP contribution < -0.4 is 14.9 Å². The molecule has 0 aliphatic carbocycles. The predicted molar refractivity (Wildman–Crippen MR) is 80.8 cm³/mol. The maximum absolute atomic E-state index is 11.5. The van der Waals surface area contributed by atoms with Crippen LogP contribution in [0, 0.1) is 0 Å². The lowest BCUT2D eigenvalue weighted by atomic mass is 10.1. The second kappa shape index (κ2) is 8.97. The van der Waals surface area contributed by atoms with Gasteiger partial charge in [-0.25, -0.2) is 5.43 Å². The lowest BCUT2D eigenvalue weighted by molar-refractivity contribution is -0.121. The van der Waals surface area contributed by atoms with Crippen molar-refractivity contribution < 1.29 is 19.4 Å². The fourth-order valence-electron chi connectivity index (χ4n) is 1.67. The van der Waals surface area contributed by atoms with E-state index in [2.05, 4.69) is 10.5 Å². The second-order valence-electron chi connectivity index (χ2n) is 4.51. The third-order valence-electron chi connectivity index (χ3n) is 2.99. The molecular formula is C15H22N2O4. The molecule has 0 bridgehead atoms. The number of hydrogen-bond acceptors (Lipinski definition) is 5. The highest BCUT2D eigenvalue weighted by Gasteiger charge is 2.06. The van der Waals surface area contributed by atoms with E-state index >= 15 is 0 Å². The molecule has 0 heterocycles. The smallest absolute Gasteiger partial charge is 0.240 e. The molecule has 0 fully saturated rings.